The average molecular weight is 370 g/mol. The molecule has 0 aliphatic carbocycles. The van der Waals surface area contributed by atoms with Gasteiger partial charge in [-0.1, -0.05) is 6.07 Å². The molecule has 2 N–H and O–H groups in total. The number of hydrogen-bond acceptors (Lipinski definition) is 6. The first-order chi connectivity index (χ1) is 11.0. The van der Waals surface area contributed by atoms with Gasteiger partial charge in [0.1, 0.15) is 17.1 Å². The van der Waals surface area contributed by atoms with E-state index >= 15 is 0 Å². The molecular weight excluding hydrogens is 356 g/mol. The normalized spacial score (nSPS) is 23.3. The Hall–Kier alpha value is -1.45. The van der Waals surface area contributed by atoms with Gasteiger partial charge in [0.15, 0.2) is 0 Å². The highest BCUT2D eigenvalue weighted by atomic mass is 32.2. The van der Waals surface area contributed by atoms with Gasteiger partial charge < -0.3 is 10.4 Å². The number of aliphatic carboxylic acids is 1. The van der Waals surface area contributed by atoms with E-state index in [1.807, 2.05) is 17.5 Å². The van der Waals surface area contributed by atoms with E-state index in [4.69, 9.17) is 0 Å². The third kappa shape index (κ3) is 3.00. The van der Waals surface area contributed by atoms with Crippen LogP contribution < -0.4 is 5.32 Å². The van der Waals surface area contributed by atoms with Gasteiger partial charge in [-0.15, -0.1) is 34.9 Å². The zero-order chi connectivity index (χ0) is 16.6. The van der Waals surface area contributed by atoms with Crippen LogP contribution in [0.2, 0.25) is 0 Å². The number of thiophene rings is 1. The Labute approximate surface area is 145 Å². The fourth-order valence-corrected chi connectivity index (χ4v) is 5.50. The van der Waals surface area contributed by atoms with Crippen molar-refractivity contribution in [3.63, 3.8) is 0 Å². The highest BCUT2D eigenvalue weighted by Gasteiger charge is 2.54. The van der Waals surface area contributed by atoms with E-state index in [0.29, 0.717) is 10.7 Å². The maximum atomic E-state index is 12.3. The van der Waals surface area contributed by atoms with E-state index in [1.54, 1.807) is 6.26 Å². The summed E-state index contributed by atoms with van der Waals surface area (Å²) in [6, 6.07) is 3.09. The predicted molar refractivity (Wildman–Crippen MR) is 91.2 cm³/mol. The Morgan fingerprint density at radius 3 is 2.91 bits per heavy atom. The smallest absolute Gasteiger partial charge is 0.353 e. The molecule has 2 aliphatic heterocycles. The Balaban J connectivity index is 1.69. The lowest BCUT2D eigenvalue weighted by Gasteiger charge is -2.49. The van der Waals surface area contributed by atoms with Crippen LogP contribution in [0, 0.1) is 0 Å². The second-order valence-corrected chi connectivity index (χ2v) is 8.03. The number of thioether (sulfide) groups is 2. The standard InChI is InChI=1S/C14H14N2O4S3/c1-21-8-6-23-13-10(12(18)16(13)11(8)14(19)20)15-9(17)5-7-3-2-4-22-7/h2-4,10,13H,5-6H2,1H3,(H,15,17)(H,19,20)/t10?,13-/m1/s1. The summed E-state index contributed by atoms with van der Waals surface area (Å²) in [6.45, 7) is 0. The third-order valence-electron chi connectivity index (χ3n) is 3.61. The van der Waals surface area contributed by atoms with Crippen molar-refractivity contribution in [2.24, 2.45) is 0 Å². The van der Waals surface area contributed by atoms with Crippen LogP contribution in [-0.2, 0) is 20.8 Å². The number of carboxylic acids is 1. The number of β-lactam (4-membered cyclic amide) rings is 1. The Bertz CT molecular complexity index is 686. The molecule has 2 atom stereocenters. The van der Waals surface area contributed by atoms with Crippen LogP contribution in [0.15, 0.2) is 28.1 Å². The molecule has 1 fully saturated rings. The van der Waals surface area contributed by atoms with Crippen LogP contribution in [0.25, 0.3) is 0 Å². The molecule has 9 heteroatoms. The second-order valence-electron chi connectivity index (χ2n) is 4.99. The van der Waals surface area contributed by atoms with Gasteiger partial charge in [0.25, 0.3) is 5.91 Å². The number of carboxylic acid groups (broad SMARTS) is 1. The van der Waals surface area contributed by atoms with Crippen molar-refractivity contribution in [1.29, 1.82) is 0 Å². The number of nitrogens with one attached hydrogen (secondary N) is 1. The number of amides is 2. The first-order valence-corrected chi connectivity index (χ1v) is 9.95. The third-order valence-corrected chi connectivity index (χ3v) is 6.78. The molecule has 1 saturated heterocycles. The number of hydrogen-bond donors (Lipinski definition) is 2. The van der Waals surface area contributed by atoms with Crippen molar-refractivity contribution in [2.45, 2.75) is 17.8 Å². The van der Waals surface area contributed by atoms with E-state index in [1.165, 1.54) is 39.8 Å². The van der Waals surface area contributed by atoms with Crippen molar-refractivity contribution in [3.05, 3.63) is 33.0 Å². The summed E-state index contributed by atoms with van der Waals surface area (Å²) in [6.07, 6.45) is 2.03. The molecule has 2 amide bonds. The lowest BCUT2D eigenvalue weighted by Crippen LogP contribution is -2.70. The van der Waals surface area contributed by atoms with Gasteiger partial charge in [-0.2, -0.15) is 0 Å². The number of rotatable bonds is 5. The molecule has 0 bridgehead atoms. The molecular formula is C14H14N2O4S3. The van der Waals surface area contributed by atoms with Gasteiger partial charge >= 0.3 is 5.97 Å². The monoisotopic (exact) mass is 370 g/mol. The van der Waals surface area contributed by atoms with Gasteiger partial charge in [-0.25, -0.2) is 4.79 Å². The molecule has 1 aromatic heterocycles. The highest BCUT2D eigenvalue weighted by Crippen LogP contribution is 2.42. The van der Waals surface area contributed by atoms with Crippen molar-refractivity contribution in [2.75, 3.05) is 12.0 Å². The molecule has 3 rings (SSSR count). The Morgan fingerprint density at radius 1 is 1.52 bits per heavy atom. The minimum Gasteiger partial charge on any atom is -0.477 e. The van der Waals surface area contributed by atoms with Crippen LogP contribution in [0.5, 0.6) is 0 Å². The van der Waals surface area contributed by atoms with E-state index in [0.717, 1.165) is 4.88 Å². The van der Waals surface area contributed by atoms with E-state index in [9.17, 15) is 19.5 Å². The van der Waals surface area contributed by atoms with Crippen molar-refractivity contribution < 1.29 is 19.5 Å². The summed E-state index contributed by atoms with van der Waals surface area (Å²) in [5, 5.41) is 13.6. The molecule has 1 unspecified atom stereocenters. The molecule has 2 aliphatic rings. The zero-order valence-corrected chi connectivity index (χ0v) is 14.6. The van der Waals surface area contributed by atoms with Crippen LogP contribution in [0.4, 0.5) is 0 Å². The lowest BCUT2D eigenvalue weighted by atomic mass is 10.0. The van der Waals surface area contributed by atoms with Crippen LogP contribution >= 0.6 is 34.9 Å². The second kappa shape index (κ2) is 6.58. The molecule has 23 heavy (non-hydrogen) atoms. The molecule has 0 spiro atoms. The molecule has 0 aromatic carbocycles. The summed E-state index contributed by atoms with van der Waals surface area (Å²) in [4.78, 5) is 38.7. The van der Waals surface area contributed by atoms with Crippen molar-refractivity contribution in [3.8, 4) is 0 Å². The first-order valence-electron chi connectivity index (χ1n) is 6.79. The quantitative estimate of drug-likeness (QED) is 0.761. The topological polar surface area (TPSA) is 86.7 Å². The summed E-state index contributed by atoms with van der Waals surface area (Å²) >= 11 is 4.31. The van der Waals surface area contributed by atoms with Crippen LogP contribution in [0.1, 0.15) is 4.88 Å². The highest BCUT2D eigenvalue weighted by molar-refractivity contribution is 8.05. The lowest BCUT2D eigenvalue weighted by molar-refractivity contribution is -0.150. The van der Waals surface area contributed by atoms with Gasteiger partial charge in [0.2, 0.25) is 5.91 Å². The van der Waals surface area contributed by atoms with Gasteiger partial charge in [-0.3, -0.25) is 14.5 Å². The Morgan fingerprint density at radius 2 is 2.30 bits per heavy atom. The number of fused-ring (bicyclic) bond motifs is 1. The van der Waals surface area contributed by atoms with Crippen molar-refractivity contribution in [1.82, 2.24) is 10.2 Å². The number of carbonyl (C=O) groups is 3. The van der Waals surface area contributed by atoms with Crippen LogP contribution in [0.3, 0.4) is 0 Å². The van der Waals surface area contributed by atoms with E-state index < -0.39 is 12.0 Å². The van der Waals surface area contributed by atoms with E-state index in [-0.39, 0.29) is 29.3 Å². The van der Waals surface area contributed by atoms with Crippen LogP contribution in [-0.4, -0.2) is 51.2 Å². The van der Waals surface area contributed by atoms with Gasteiger partial charge in [-0.05, 0) is 17.7 Å². The fraction of sp³-hybridized carbons (Fsp3) is 0.357. The largest absolute Gasteiger partial charge is 0.477 e. The van der Waals surface area contributed by atoms with E-state index in [2.05, 4.69) is 5.32 Å². The molecule has 6 nitrogen and oxygen atoms in total. The fourth-order valence-electron chi connectivity index (χ4n) is 2.54. The molecule has 3 heterocycles. The minimum atomic E-state index is -1.10. The molecule has 122 valence electrons. The van der Waals surface area contributed by atoms with Crippen molar-refractivity contribution >= 4 is 52.6 Å². The maximum Gasteiger partial charge on any atom is 0.353 e. The summed E-state index contributed by atoms with van der Waals surface area (Å²) in [5.41, 5.74) is 0.0509. The molecule has 0 radical (unpaired) electrons. The predicted octanol–water partition coefficient (Wildman–Crippen LogP) is 1.35. The minimum absolute atomic E-state index is 0.0509. The number of carbonyl (C=O) groups excluding carboxylic acids is 2. The molecule has 1 aromatic rings. The first kappa shape index (κ1) is 16.4. The van der Waals surface area contributed by atoms with Gasteiger partial charge in [0, 0.05) is 15.5 Å². The number of nitrogens with zero attached hydrogens (tertiary/aromatic N) is 1. The Kier molecular flexibility index (Phi) is 4.69. The zero-order valence-electron chi connectivity index (χ0n) is 12.1. The SMILES string of the molecule is CSC1=C(C(=O)O)N2C(=O)C(NC(=O)Cc3cccs3)[C@H]2SC1. The maximum absolute atomic E-state index is 12.3. The summed E-state index contributed by atoms with van der Waals surface area (Å²) in [5.74, 6) is -1.14. The average Bonchev–Trinajstić information content (AvgIpc) is 3.03. The molecule has 0 saturated carbocycles. The summed E-state index contributed by atoms with van der Waals surface area (Å²) in [7, 11) is 0. The summed E-state index contributed by atoms with van der Waals surface area (Å²) < 4.78 is 0. The van der Waals surface area contributed by atoms with Gasteiger partial charge in [0.05, 0.1) is 6.42 Å².